The third kappa shape index (κ3) is 6.67. The molecule has 1 N–H and O–H groups in total. The van der Waals surface area contributed by atoms with E-state index in [9.17, 15) is 9.59 Å². The van der Waals surface area contributed by atoms with Crippen molar-refractivity contribution < 1.29 is 19.4 Å². The molecule has 160 valence electrons. The van der Waals surface area contributed by atoms with Crippen molar-refractivity contribution in [1.29, 1.82) is 0 Å². The van der Waals surface area contributed by atoms with Crippen LogP contribution in [0.15, 0.2) is 78.9 Å². The molecule has 5 nitrogen and oxygen atoms in total. The summed E-state index contributed by atoms with van der Waals surface area (Å²) in [5.41, 5.74) is 2.06. The Labute approximate surface area is 186 Å². The number of benzene rings is 3. The molecule has 1 atom stereocenters. The molecular formula is C25H24ClNO4. The fraction of sp³-hybridized carbons (Fsp3) is 0.200. The van der Waals surface area contributed by atoms with Crippen molar-refractivity contribution in [2.45, 2.75) is 12.5 Å². The average molecular weight is 438 g/mol. The van der Waals surface area contributed by atoms with E-state index in [1.165, 1.54) is 0 Å². The predicted octanol–water partition coefficient (Wildman–Crippen LogP) is 5.10. The van der Waals surface area contributed by atoms with E-state index in [1.807, 2.05) is 36.4 Å². The first-order valence-electron chi connectivity index (χ1n) is 9.94. The lowest BCUT2D eigenvalue weighted by atomic mass is 10.0. The number of carboxylic acid groups (broad SMARTS) is 1. The van der Waals surface area contributed by atoms with Crippen LogP contribution in [0.3, 0.4) is 0 Å². The molecule has 31 heavy (non-hydrogen) atoms. The van der Waals surface area contributed by atoms with Crippen LogP contribution in [0.1, 0.15) is 34.0 Å². The second-order valence-electron chi connectivity index (χ2n) is 7.30. The van der Waals surface area contributed by atoms with Crippen LogP contribution in [0.25, 0.3) is 0 Å². The summed E-state index contributed by atoms with van der Waals surface area (Å²) in [7, 11) is 1.77. The molecule has 1 unspecified atom stereocenters. The lowest BCUT2D eigenvalue weighted by Crippen LogP contribution is -2.28. The van der Waals surface area contributed by atoms with Crippen LogP contribution in [0.5, 0.6) is 5.75 Å². The van der Waals surface area contributed by atoms with Crippen molar-refractivity contribution in [2.75, 3.05) is 20.1 Å². The molecule has 3 aromatic carbocycles. The standard InChI is InChI=1S/C25H24ClNO4/c1-27(17-24(28)29)15-14-23(18-6-3-2-4-7-18)31-22-9-5-8-20(16-22)25(30)19-10-12-21(26)13-11-19/h2-13,16,23H,14-15,17H2,1H3,(H,28,29). The number of rotatable bonds is 10. The highest BCUT2D eigenvalue weighted by Crippen LogP contribution is 2.26. The number of carbonyl (C=O) groups is 2. The van der Waals surface area contributed by atoms with Crippen LogP contribution in [0, 0.1) is 0 Å². The summed E-state index contributed by atoms with van der Waals surface area (Å²) >= 11 is 5.92. The van der Waals surface area contributed by atoms with E-state index in [0.717, 1.165) is 5.56 Å². The minimum Gasteiger partial charge on any atom is -0.486 e. The highest BCUT2D eigenvalue weighted by molar-refractivity contribution is 6.30. The molecule has 0 amide bonds. The van der Waals surface area contributed by atoms with Gasteiger partial charge < -0.3 is 9.84 Å². The minimum absolute atomic E-state index is 0.0351. The maximum absolute atomic E-state index is 12.8. The van der Waals surface area contributed by atoms with Gasteiger partial charge in [0.05, 0.1) is 6.54 Å². The summed E-state index contributed by atoms with van der Waals surface area (Å²) in [6.07, 6.45) is 0.321. The quantitative estimate of drug-likeness (QED) is 0.447. The zero-order chi connectivity index (χ0) is 22.2. The second kappa shape index (κ2) is 10.8. The third-order valence-corrected chi connectivity index (χ3v) is 5.08. The molecule has 0 fully saturated rings. The summed E-state index contributed by atoms with van der Waals surface area (Å²) < 4.78 is 6.25. The number of hydrogen-bond donors (Lipinski definition) is 1. The number of carbonyl (C=O) groups excluding carboxylic acids is 1. The Balaban J connectivity index is 1.77. The first-order valence-corrected chi connectivity index (χ1v) is 10.3. The van der Waals surface area contributed by atoms with E-state index in [1.54, 1.807) is 54.4 Å². The van der Waals surface area contributed by atoms with Crippen LogP contribution >= 0.6 is 11.6 Å². The predicted molar refractivity (Wildman–Crippen MR) is 121 cm³/mol. The van der Waals surface area contributed by atoms with Crippen molar-refractivity contribution in [2.24, 2.45) is 0 Å². The van der Waals surface area contributed by atoms with Crippen molar-refractivity contribution >= 4 is 23.4 Å². The first-order chi connectivity index (χ1) is 14.9. The molecule has 3 aromatic rings. The maximum Gasteiger partial charge on any atom is 0.317 e. The number of ether oxygens (including phenoxy) is 1. The molecule has 0 aromatic heterocycles. The molecule has 3 rings (SSSR count). The Kier molecular flexibility index (Phi) is 7.82. The first kappa shape index (κ1) is 22.5. The van der Waals surface area contributed by atoms with Crippen LogP contribution in [0.4, 0.5) is 0 Å². The van der Waals surface area contributed by atoms with Gasteiger partial charge in [0, 0.05) is 29.1 Å². The van der Waals surface area contributed by atoms with Gasteiger partial charge in [-0.05, 0) is 49.0 Å². The van der Waals surface area contributed by atoms with Gasteiger partial charge in [-0.3, -0.25) is 14.5 Å². The summed E-state index contributed by atoms with van der Waals surface area (Å²) in [6.45, 7) is 0.516. The molecule has 0 radical (unpaired) electrons. The maximum atomic E-state index is 12.8. The van der Waals surface area contributed by atoms with Gasteiger partial charge in [-0.25, -0.2) is 0 Å². The Morgan fingerprint density at radius 2 is 1.68 bits per heavy atom. The summed E-state index contributed by atoms with van der Waals surface area (Å²) in [5.74, 6) is -0.401. The van der Waals surface area contributed by atoms with Gasteiger partial charge in [-0.15, -0.1) is 0 Å². The Morgan fingerprint density at radius 1 is 0.968 bits per heavy atom. The van der Waals surface area contributed by atoms with Gasteiger partial charge in [0.15, 0.2) is 5.78 Å². The normalized spacial score (nSPS) is 11.8. The molecule has 0 saturated carbocycles. The van der Waals surface area contributed by atoms with Gasteiger partial charge in [0.25, 0.3) is 0 Å². The summed E-state index contributed by atoms with van der Waals surface area (Å²) in [5, 5.41) is 9.56. The zero-order valence-corrected chi connectivity index (χ0v) is 18.0. The fourth-order valence-electron chi connectivity index (χ4n) is 3.25. The number of likely N-dealkylation sites (N-methyl/N-ethyl adjacent to an activating group) is 1. The topological polar surface area (TPSA) is 66.8 Å². The van der Waals surface area contributed by atoms with Crippen molar-refractivity contribution in [3.05, 3.63) is 101 Å². The second-order valence-corrected chi connectivity index (χ2v) is 7.74. The van der Waals surface area contributed by atoms with E-state index < -0.39 is 5.97 Å². The zero-order valence-electron chi connectivity index (χ0n) is 17.2. The molecule has 0 spiro atoms. The fourth-order valence-corrected chi connectivity index (χ4v) is 3.38. The Morgan fingerprint density at radius 3 is 2.35 bits per heavy atom. The van der Waals surface area contributed by atoms with E-state index in [4.69, 9.17) is 21.4 Å². The molecule has 6 heteroatoms. The molecule has 0 aliphatic carbocycles. The Hall–Kier alpha value is -3.15. The number of hydrogen-bond acceptors (Lipinski definition) is 4. The van der Waals surface area contributed by atoms with Crippen LogP contribution in [-0.2, 0) is 4.79 Å². The van der Waals surface area contributed by atoms with Crippen molar-refractivity contribution in [3.8, 4) is 5.75 Å². The van der Waals surface area contributed by atoms with Gasteiger partial charge in [-0.1, -0.05) is 54.1 Å². The van der Waals surface area contributed by atoms with E-state index >= 15 is 0 Å². The molecule has 0 aliphatic rings. The molecule has 0 saturated heterocycles. The summed E-state index contributed by atoms with van der Waals surface area (Å²) in [6, 6.07) is 23.6. The Bertz CT molecular complexity index is 1020. The van der Waals surface area contributed by atoms with Crippen molar-refractivity contribution in [3.63, 3.8) is 0 Å². The number of carboxylic acids is 1. The monoisotopic (exact) mass is 437 g/mol. The lowest BCUT2D eigenvalue weighted by Gasteiger charge is -2.23. The average Bonchev–Trinajstić information content (AvgIpc) is 2.77. The molecule has 0 aliphatic heterocycles. The summed E-state index contributed by atoms with van der Waals surface area (Å²) in [4.78, 5) is 25.5. The molecule has 0 heterocycles. The highest BCUT2D eigenvalue weighted by Gasteiger charge is 2.17. The number of aliphatic carboxylic acids is 1. The molecule has 0 bridgehead atoms. The van der Waals surface area contributed by atoms with E-state index in [0.29, 0.717) is 34.9 Å². The van der Waals surface area contributed by atoms with Gasteiger partial charge >= 0.3 is 5.97 Å². The van der Waals surface area contributed by atoms with E-state index in [-0.39, 0.29) is 18.4 Å². The van der Waals surface area contributed by atoms with E-state index in [2.05, 4.69) is 0 Å². The number of nitrogens with zero attached hydrogens (tertiary/aromatic N) is 1. The van der Waals surface area contributed by atoms with Crippen LogP contribution in [-0.4, -0.2) is 41.9 Å². The molecular weight excluding hydrogens is 414 g/mol. The van der Waals surface area contributed by atoms with Crippen LogP contribution < -0.4 is 4.74 Å². The minimum atomic E-state index is -0.868. The lowest BCUT2D eigenvalue weighted by molar-refractivity contribution is -0.138. The SMILES string of the molecule is CN(CCC(Oc1cccc(C(=O)c2ccc(Cl)cc2)c1)c1ccccc1)CC(=O)O. The van der Waals surface area contributed by atoms with Gasteiger partial charge in [0.1, 0.15) is 11.9 Å². The van der Waals surface area contributed by atoms with Crippen molar-refractivity contribution in [1.82, 2.24) is 4.90 Å². The third-order valence-electron chi connectivity index (χ3n) is 4.83. The van der Waals surface area contributed by atoms with Gasteiger partial charge in [0.2, 0.25) is 0 Å². The van der Waals surface area contributed by atoms with Crippen LogP contribution in [0.2, 0.25) is 5.02 Å². The highest BCUT2D eigenvalue weighted by atomic mass is 35.5. The number of halogens is 1. The van der Waals surface area contributed by atoms with Gasteiger partial charge in [-0.2, -0.15) is 0 Å². The smallest absolute Gasteiger partial charge is 0.317 e. The number of ketones is 1. The largest absolute Gasteiger partial charge is 0.486 e.